The Morgan fingerprint density at radius 3 is 2.67 bits per heavy atom. The van der Waals surface area contributed by atoms with Gasteiger partial charge in [-0.05, 0) is 27.8 Å². The minimum atomic E-state index is 0.443. The van der Waals surface area contributed by atoms with Gasteiger partial charge in [0.15, 0.2) is 3.92 Å². The molecule has 0 aromatic carbocycles. The maximum atomic E-state index is 3.97. The predicted molar refractivity (Wildman–Crippen MR) is 53.4 cm³/mol. The summed E-state index contributed by atoms with van der Waals surface area (Å²) in [6, 6.07) is 0.581. The van der Waals surface area contributed by atoms with Crippen molar-refractivity contribution in [3.63, 3.8) is 0 Å². The van der Waals surface area contributed by atoms with E-state index in [1.54, 1.807) is 11.3 Å². The number of hydrogen-bond donors (Lipinski definition) is 1. The lowest BCUT2D eigenvalue weighted by atomic mass is 10.2. The second kappa shape index (κ2) is 2.67. The van der Waals surface area contributed by atoms with Crippen molar-refractivity contribution in [2.45, 2.75) is 26.3 Å². The van der Waals surface area contributed by atoms with Crippen molar-refractivity contribution in [3.8, 4) is 0 Å². The fourth-order valence-corrected chi connectivity index (χ4v) is 2.19. The molecule has 1 aromatic heterocycles. The van der Waals surface area contributed by atoms with Gasteiger partial charge in [-0.3, -0.25) is 0 Å². The zero-order valence-corrected chi connectivity index (χ0v) is 9.37. The average Bonchev–Trinajstić information content (AvgIpc) is 2.41. The molecule has 1 aliphatic carbocycles. The van der Waals surface area contributed by atoms with Crippen LogP contribution in [-0.4, -0.2) is 16.2 Å². The molecule has 66 valence electrons. The fraction of sp³-hybridized carbons (Fsp3) is 0.714. The molecule has 0 radical (unpaired) electrons. The average molecular weight is 248 g/mol. The largest absolute Gasteiger partial charge is 0.357 e. The van der Waals surface area contributed by atoms with Gasteiger partial charge in [-0.2, -0.15) is 0 Å². The van der Waals surface area contributed by atoms with Crippen LogP contribution in [0, 0.1) is 5.41 Å². The van der Waals surface area contributed by atoms with Crippen LogP contribution < -0.4 is 5.32 Å². The van der Waals surface area contributed by atoms with Gasteiger partial charge in [0.25, 0.3) is 0 Å². The monoisotopic (exact) mass is 247 g/mol. The Hall–Kier alpha value is -0.160. The molecule has 3 nitrogen and oxygen atoms in total. The third kappa shape index (κ3) is 1.61. The van der Waals surface area contributed by atoms with Gasteiger partial charge in [0.2, 0.25) is 5.13 Å². The molecule has 0 amide bonds. The summed E-state index contributed by atoms with van der Waals surface area (Å²) in [5, 5.41) is 12.1. The molecule has 1 aliphatic rings. The number of nitrogens with zero attached hydrogens (tertiary/aromatic N) is 2. The molecule has 0 bridgehead atoms. The van der Waals surface area contributed by atoms with Crippen molar-refractivity contribution in [1.82, 2.24) is 10.2 Å². The van der Waals surface area contributed by atoms with Crippen LogP contribution in [0.1, 0.15) is 20.3 Å². The maximum absolute atomic E-state index is 3.97. The number of halogens is 1. The highest BCUT2D eigenvalue weighted by Gasteiger charge is 2.46. The van der Waals surface area contributed by atoms with E-state index in [1.165, 1.54) is 6.42 Å². The topological polar surface area (TPSA) is 37.8 Å². The Labute approximate surface area is 83.7 Å². The molecule has 1 saturated carbocycles. The van der Waals surface area contributed by atoms with Crippen LogP contribution in [-0.2, 0) is 0 Å². The standard InChI is InChI=1S/C7H10BrN3S/c1-7(2)3-4(7)9-6-11-10-5(8)12-6/h4H,3H2,1-2H3,(H,9,11). The summed E-state index contributed by atoms with van der Waals surface area (Å²) in [5.41, 5.74) is 0.443. The number of rotatable bonds is 2. The summed E-state index contributed by atoms with van der Waals surface area (Å²) >= 11 is 4.82. The van der Waals surface area contributed by atoms with Crippen LogP contribution in [0.2, 0.25) is 0 Å². The van der Waals surface area contributed by atoms with Crippen molar-refractivity contribution in [1.29, 1.82) is 0 Å². The minimum absolute atomic E-state index is 0.443. The highest BCUT2D eigenvalue weighted by atomic mass is 79.9. The van der Waals surface area contributed by atoms with Gasteiger partial charge >= 0.3 is 0 Å². The summed E-state index contributed by atoms with van der Waals surface area (Å²) in [4.78, 5) is 0. The SMILES string of the molecule is CC1(C)CC1Nc1nnc(Br)s1. The van der Waals surface area contributed by atoms with Crippen molar-refractivity contribution >= 4 is 32.4 Å². The normalized spacial score (nSPS) is 25.4. The van der Waals surface area contributed by atoms with Crippen molar-refractivity contribution in [3.05, 3.63) is 3.92 Å². The van der Waals surface area contributed by atoms with E-state index < -0.39 is 0 Å². The van der Waals surface area contributed by atoms with E-state index >= 15 is 0 Å². The third-order valence-electron chi connectivity index (χ3n) is 2.21. The lowest BCUT2D eigenvalue weighted by Crippen LogP contribution is -2.07. The summed E-state index contributed by atoms with van der Waals surface area (Å²) in [5.74, 6) is 0. The fourth-order valence-electron chi connectivity index (χ4n) is 1.13. The molecule has 1 heterocycles. The van der Waals surface area contributed by atoms with E-state index in [9.17, 15) is 0 Å². The smallest absolute Gasteiger partial charge is 0.206 e. The first-order valence-corrected chi connectivity index (χ1v) is 5.44. The van der Waals surface area contributed by atoms with E-state index in [0.29, 0.717) is 11.5 Å². The van der Waals surface area contributed by atoms with Crippen molar-refractivity contribution < 1.29 is 0 Å². The van der Waals surface area contributed by atoms with E-state index in [-0.39, 0.29) is 0 Å². The molecule has 1 fully saturated rings. The number of aromatic nitrogens is 2. The first kappa shape index (κ1) is 8.44. The quantitative estimate of drug-likeness (QED) is 0.873. The molecule has 0 saturated heterocycles. The van der Waals surface area contributed by atoms with Crippen LogP contribution >= 0.6 is 27.3 Å². The first-order valence-electron chi connectivity index (χ1n) is 3.83. The lowest BCUT2D eigenvalue weighted by molar-refractivity contribution is 0.630. The minimum Gasteiger partial charge on any atom is -0.357 e. The molecular weight excluding hydrogens is 238 g/mol. The van der Waals surface area contributed by atoms with Gasteiger partial charge in [-0.25, -0.2) is 0 Å². The molecule has 12 heavy (non-hydrogen) atoms. The van der Waals surface area contributed by atoms with Gasteiger partial charge < -0.3 is 5.32 Å². The lowest BCUT2D eigenvalue weighted by Gasteiger charge is -2.02. The molecular formula is C7H10BrN3S. The molecule has 1 unspecified atom stereocenters. The van der Waals surface area contributed by atoms with Crippen molar-refractivity contribution in [2.24, 2.45) is 5.41 Å². The third-order valence-corrected chi connectivity index (χ3v) is 3.50. The number of hydrogen-bond acceptors (Lipinski definition) is 4. The van der Waals surface area contributed by atoms with E-state index in [1.807, 2.05) is 0 Å². The van der Waals surface area contributed by atoms with E-state index in [2.05, 4.69) is 45.3 Å². The van der Waals surface area contributed by atoms with Gasteiger partial charge in [0.05, 0.1) is 0 Å². The zero-order chi connectivity index (χ0) is 8.77. The predicted octanol–water partition coefficient (Wildman–Crippen LogP) is 2.51. The highest BCUT2D eigenvalue weighted by molar-refractivity contribution is 9.11. The maximum Gasteiger partial charge on any atom is 0.206 e. The summed E-state index contributed by atoms with van der Waals surface area (Å²) < 4.78 is 0.837. The summed E-state index contributed by atoms with van der Waals surface area (Å²) in [6.45, 7) is 4.50. The number of nitrogens with one attached hydrogen (secondary N) is 1. The van der Waals surface area contributed by atoms with Crippen LogP contribution in [0.4, 0.5) is 5.13 Å². The Balaban J connectivity index is 1.97. The Kier molecular flexibility index (Phi) is 1.88. The van der Waals surface area contributed by atoms with Crippen LogP contribution in [0.15, 0.2) is 3.92 Å². The molecule has 2 rings (SSSR count). The van der Waals surface area contributed by atoms with E-state index in [0.717, 1.165) is 9.05 Å². The molecule has 5 heteroatoms. The van der Waals surface area contributed by atoms with Crippen LogP contribution in [0.5, 0.6) is 0 Å². The highest BCUT2D eigenvalue weighted by Crippen LogP contribution is 2.46. The Bertz CT molecular complexity index is 297. The molecule has 1 N–H and O–H groups in total. The zero-order valence-electron chi connectivity index (χ0n) is 6.97. The van der Waals surface area contributed by atoms with Gasteiger partial charge in [-0.15, -0.1) is 10.2 Å². The summed E-state index contributed by atoms with van der Waals surface area (Å²) in [7, 11) is 0. The Morgan fingerprint density at radius 2 is 2.25 bits per heavy atom. The second-order valence-electron chi connectivity index (χ2n) is 3.75. The summed E-state index contributed by atoms with van der Waals surface area (Å²) in [6.07, 6.45) is 1.23. The molecule has 1 atom stereocenters. The first-order chi connectivity index (χ1) is 5.58. The molecule has 0 spiro atoms. The molecule has 0 aliphatic heterocycles. The van der Waals surface area contributed by atoms with Gasteiger partial charge in [-0.1, -0.05) is 25.2 Å². The second-order valence-corrected chi connectivity index (χ2v) is 6.00. The van der Waals surface area contributed by atoms with Crippen molar-refractivity contribution in [2.75, 3.05) is 5.32 Å². The van der Waals surface area contributed by atoms with Crippen LogP contribution in [0.25, 0.3) is 0 Å². The van der Waals surface area contributed by atoms with Gasteiger partial charge in [0.1, 0.15) is 0 Å². The molecule has 1 aromatic rings. The number of anilines is 1. The van der Waals surface area contributed by atoms with Crippen LogP contribution in [0.3, 0.4) is 0 Å². The van der Waals surface area contributed by atoms with E-state index in [4.69, 9.17) is 0 Å². The van der Waals surface area contributed by atoms with Gasteiger partial charge in [0, 0.05) is 6.04 Å². The Morgan fingerprint density at radius 1 is 1.58 bits per heavy atom.